The fourth-order valence-electron chi connectivity index (χ4n) is 2.01. The van der Waals surface area contributed by atoms with Crippen LogP contribution in [0.2, 0.25) is 0 Å². The summed E-state index contributed by atoms with van der Waals surface area (Å²) in [5, 5.41) is 3.57. The molecule has 0 heterocycles. The average molecular weight is 243 g/mol. The molecular formula is C15H33NO. The fraction of sp³-hybridized carbons (Fsp3) is 1.00. The van der Waals surface area contributed by atoms with Gasteiger partial charge in [0.2, 0.25) is 0 Å². The lowest BCUT2D eigenvalue weighted by Gasteiger charge is -2.19. The first kappa shape index (κ1) is 16.9. The highest BCUT2D eigenvalue weighted by molar-refractivity contribution is 4.67. The summed E-state index contributed by atoms with van der Waals surface area (Å²) < 4.78 is 5.65. The van der Waals surface area contributed by atoms with Gasteiger partial charge in [0.25, 0.3) is 0 Å². The molecule has 0 aromatic rings. The summed E-state index contributed by atoms with van der Waals surface area (Å²) in [6.07, 6.45) is 4.89. The van der Waals surface area contributed by atoms with Gasteiger partial charge in [-0.15, -0.1) is 0 Å². The van der Waals surface area contributed by atoms with Crippen LogP contribution in [0.25, 0.3) is 0 Å². The van der Waals surface area contributed by atoms with E-state index in [-0.39, 0.29) is 0 Å². The summed E-state index contributed by atoms with van der Waals surface area (Å²) in [6, 6.07) is 0.675. The summed E-state index contributed by atoms with van der Waals surface area (Å²) in [6.45, 7) is 14.2. The van der Waals surface area contributed by atoms with Crippen LogP contribution in [-0.4, -0.2) is 25.8 Å². The first-order valence-electron chi connectivity index (χ1n) is 7.37. The highest BCUT2D eigenvalue weighted by Crippen LogP contribution is 2.10. The second kappa shape index (κ2) is 11.0. The summed E-state index contributed by atoms with van der Waals surface area (Å²) in [7, 11) is 0. The maximum Gasteiger partial charge on any atom is 0.0468 e. The van der Waals surface area contributed by atoms with Gasteiger partial charge in [-0.05, 0) is 44.1 Å². The van der Waals surface area contributed by atoms with Crippen molar-refractivity contribution in [3.63, 3.8) is 0 Å². The number of ether oxygens (including phenoxy) is 1. The van der Waals surface area contributed by atoms with Gasteiger partial charge in [0.05, 0.1) is 0 Å². The second-order valence-corrected chi connectivity index (χ2v) is 5.82. The predicted molar refractivity (Wildman–Crippen MR) is 76.4 cm³/mol. The lowest BCUT2D eigenvalue weighted by molar-refractivity contribution is 0.117. The molecule has 17 heavy (non-hydrogen) atoms. The van der Waals surface area contributed by atoms with Gasteiger partial charge < -0.3 is 10.1 Å². The normalized spacial score (nSPS) is 13.6. The molecule has 0 aliphatic rings. The largest absolute Gasteiger partial charge is 0.381 e. The smallest absolute Gasteiger partial charge is 0.0468 e. The van der Waals surface area contributed by atoms with Crippen LogP contribution in [0.1, 0.15) is 60.3 Å². The van der Waals surface area contributed by atoms with Crippen molar-refractivity contribution in [3.8, 4) is 0 Å². The molecule has 0 amide bonds. The van der Waals surface area contributed by atoms with Crippen molar-refractivity contribution in [2.45, 2.75) is 66.3 Å². The van der Waals surface area contributed by atoms with Crippen molar-refractivity contribution in [1.82, 2.24) is 5.32 Å². The Morgan fingerprint density at radius 2 is 1.65 bits per heavy atom. The molecular weight excluding hydrogens is 210 g/mol. The van der Waals surface area contributed by atoms with Crippen LogP contribution >= 0.6 is 0 Å². The van der Waals surface area contributed by atoms with Gasteiger partial charge in [-0.1, -0.05) is 34.6 Å². The Hall–Kier alpha value is -0.0800. The standard InChI is InChI=1S/C15H33NO/c1-6-16-15(12-14(4)5)8-7-10-17-11-9-13(2)3/h13-16H,6-12H2,1-5H3. The van der Waals surface area contributed by atoms with E-state index in [0.29, 0.717) is 6.04 Å². The zero-order valence-electron chi connectivity index (χ0n) is 12.6. The van der Waals surface area contributed by atoms with E-state index >= 15 is 0 Å². The van der Waals surface area contributed by atoms with Crippen LogP contribution in [0.4, 0.5) is 0 Å². The Balaban J connectivity index is 3.47. The van der Waals surface area contributed by atoms with E-state index in [9.17, 15) is 0 Å². The van der Waals surface area contributed by atoms with Crippen molar-refractivity contribution >= 4 is 0 Å². The quantitative estimate of drug-likeness (QED) is 0.556. The van der Waals surface area contributed by atoms with Crippen molar-refractivity contribution in [2.75, 3.05) is 19.8 Å². The van der Waals surface area contributed by atoms with E-state index in [0.717, 1.165) is 31.6 Å². The molecule has 0 fully saturated rings. The van der Waals surface area contributed by atoms with E-state index in [1.165, 1.54) is 25.7 Å². The molecule has 0 aromatic heterocycles. The molecule has 104 valence electrons. The van der Waals surface area contributed by atoms with Crippen LogP contribution in [0.5, 0.6) is 0 Å². The Morgan fingerprint density at radius 1 is 0.941 bits per heavy atom. The van der Waals surface area contributed by atoms with Crippen LogP contribution in [0.15, 0.2) is 0 Å². The van der Waals surface area contributed by atoms with Gasteiger partial charge in [-0.25, -0.2) is 0 Å². The summed E-state index contributed by atoms with van der Waals surface area (Å²) in [4.78, 5) is 0. The van der Waals surface area contributed by atoms with Crippen LogP contribution in [0, 0.1) is 11.8 Å². The monoisotopic (exact) mass is 243 g/mol. The summed E-state index contributed by atoms with van der Waals surface area (Å²) in [5.74, 6) is 1.53. The molecule has 0 spiro atoms. The molecule has 0 aliphatic heterocycles. The first-order chi connectivity index (χ1) is 8.06. The third-order valence-electron chi connectivity index (χ3n) is 2.93. The molecule has 2 nitrogen and oxygen atoms in total. The summed E-state index contributed by atoms with van der Waals surface area (Å²) in [5.41, 5.74) is 0. The third kappa shape index (κ3) is 12.2. The molecule has 0 radical (unpaired) electrons. The molecule has 1 N–H and O–H groups in total. The highest BCUT2D eigenvalue weighted by atomic mass is 16.5. The minimum Gasteiger partial charge on any atom is -0.381 e. The van der Waals surface area contributed by atoms with E-state index < -0.39 is 0 Å². The summed E-state index contributed by atoms with van der Waals surface area (Å²) >= 11 is 0. The van der Waals surface area contributed by atoms with Gasteiger partial charge in [-0.3, -0.25) is 0 Å². The maximum atomic E-state index is 5.65. The Morgan fingerprint density at radius 3 is 2.18 bits per heavy atom. The molecule has 0 saturated heterocycles. The zero-order valence-corrected chi connectivity index (χ0v) is 12.6. The molecule has 0 saturated carbocycles. The molecule has 1 atom stereocenters. The SMILES string of the molecule is CCNC(CCCOCCC(C)C)CC(C)C. The van der Waals surface area contributed by atoms with Crippen molar-refractivity contribution in [2.24, 2.45) is 11.8 Å². The molecule has 2 heteroatoms. The van der Waals surface area contributed by atoms with Crippen LogP contribution < -0.4 is 5.32 Å². The molecule has 0 rings (SSSR count). The van der Waals surface area contributed by atoms with Gasteiger partial charge in [0, 0.05) is 19.3 Å². The number of hydrogen-bond acceptors (Lipinski definition) is 2. The van der Waals surface area contributed by atoms with E-state index in [1.54, 1.807) is 0 Å². The molecule has 1 unspecified atom stereocenters. The van der Waals surface area contributed by atoms with E-state index in [1.807, 2.05) is 0 Å². The second-order valence-electron chi connectivity index (χ2n) is 5.82. The van der Waals surface area contributed by atoms with Crippen LogP contribution in [-0.2, 0) is 4.74 Å². The molecule has 0 aromatic carbocycles. The predicted octanol–water partition coefficient (Wildman–Crippen LogP) is 3.85. The van der Waals surface area contributed by atoms with Gasteiger partial charge >= 0.3 is 0 Å². The molecule has 0 aliphatic carbocycles. The van der Waals surface area contributed by atoms with Gasteiger partial charge in [0.1, 0.15) is 0 Å². The Kier molecular flexibility index (Phi) is 11.0. The molecule has 0 bridgehead atoms. The number of hydrogen-bond donors (Lipinski definition) is 1. The number of nitrogens with one attached hydrogen (secondary N) is 1. The Labute approximate surface area is 109 Å². The lowest BCUT2D eigenvalue weighted by Crippen LogP contribution is -2.30. The van der Waals surface area contributed by atoms with Gasteiger partial charge in [-0.2, -0.15) is 0 Å². The fourth-order valence-corrected chi connectivity index (χ4v) is 2.01. The minimum atomic E-state index is 0.675. The van der Waals surface area contributed by atoms with Gasteiger partial charge in [0.15, 0.2) is 0 Å². The third-order valence-corrected chi connectivity index (χ3v) is 2.93. The van der Waals surface area contributed by atoms with Crippen molar-refractivity contribution in [3.05, 3.63) is 0 Å². The number of rotatable bonds is 11. The lowest BCUT2D eigenvalue weighted by atomic mass is 10.00. The highest BCUT2D eigenvalue weighted by Gasteiger charge is 2.08. The van der Waals surface area contributed by atoms with Crippen molar-refractivity contribution < 1.29 is 4.74 Å². The van der Waals surface area contributed by atoms with E-state index in [4.69, 9.17) is 4.74 Å². The zero-order chi connectivity index (χ0) is 13.1. The van der Waals surface area contributed by atoms with Crippen molar-refractivity contribution in [1.29, 1.82) is 0 Å². The topological polar surface area (TPSA) is 21.3 Å². The Bertz CT molecular complexity index is 157. The van der Waals surface area contributed by atoms with Crippen LogP contribution in [0.3, 0.4) is 0 Å². The maximum absolute atomic E-state index is 5.65. The van der Waals surface area contributed by atoms with E-state index in [2.05, 4.69) is 39.9 Å². The average Bonchev–Trinajstić information content (AvgIpc) is 2.22. The first-order valence-corrected chi connectivity index (χ1v) is 7.37. The minimum absolute atomic E-state index is 0.675.